The van der Waals surface area contributed by atoms with E-state index in [9.17, 15) is 22.4 Å². The molecule has 0 spiro atoms. The fraction of sp³-hybridized carbons (Fsp3) is 0.360. The molecule has 2 aromatic rings. The molecule has 0 aromatic heterocycles. The smallest absolute Gasteiger partial charge is 0.416 e. The molecule has 0 heterocycles. The van der Waals surface area contributed by atoms with Crippen molar-refractivity contribution in [1.29, 1.82) is 0 Å². The predicted molar refractivity (Wildman–Crippen MR) is 130 cm³/mol. The molecule has 0 saturated carbocycles. The lowest BCUT2D eigenvalue weighted by Crippen LogP contribution is -2.28. The van der Waals surface area contributed by atoms with Crippen LogP contribution in [0.2, 0.25) is 0 Å². The molecule has 0 radical (unpaired) electrons. The number of anilines is 1. The number of carbonyl (C=O) groups is 1. The molecule has 0 atom stereocenters. The minimum absolute atomic E-state index is 0.0335. The maximum Gasteiger partial charge on any atom is 0.416 e. The van der Waals surface area contributed by atoms with Gasteiger partial charge in [-0.3, -0.25) is 9.79 Å². The van der Waals surface area contributed by atoms with Crippen LogP contribution in [-0.4, -0.2) is 45.4 Å². The third-order valence-electron chi connectivity index (χ3n) is 4.87. The van der Waals surface area contributed by atoms with Crippen LogP contribution in [-0.2, 0) is 17.5 Å². The zero-order chi connectivity index (χ0) is 25.8. The van der Waals surface area contributed by atoms with Crippen LogP contribution in [0.5, 0.6) is 5.75 Å². The van der Waals surface area contributed by atoms with E-state index in [0.717, 1.165) is 19.0 Å². The summed E-state index contributed by atoms with van der Waals surface area (Å²) >= 11 is 0. The third-order valence-corrected chi connectivity index (χ3v) is 4.87. The second-order valence-corrected chi connectivity index (χ2v) is 7.69. The maximum absolute atomic E-state index is 14.3. The van der Waals surface area contributed by atoms with Crippen molar-refractivity contribution in [2.24, 2.45) is 4.99 Å². The highest BCUT2D eigenvalue weighted by atomic mass is 19.4. The van der Waals surface area contributed by atoms with Crippen LogP contribution in [0.25, 0.3) is 5.57 Å². The normalized spacial score (nSPS) is 11.6. The van der Waals surface area contributed by atoms with Gasteiger partial charge in [0.1, 0.15) is 0 Å². The Balaban J connectivity index is 1.98. The molecule has 10 heteroatoms. The highest BCUT2D eigenvalue weighted by molar-refractivity contribution is 6.08. The van der Waals surface area contributed by atoms with Gasteiger partial charge >= 0.3 is 6.18 Å². The number of hydrogen-bond acceptors (Lipinski definition) is 5. The quantitative estimate of drug-likeness (QED) is 0.215. The van der Waals surface area contributed by atoms with Gasteiger partial charge in [0, 0.05) is 38.6 Å². The second-order valence-electron chi connectivity index (χ2n) is 7.69. The van der Waals surface area contributed by atoms with Gasteiger partial charge in [-0.1, -0.05) is 25.6 Å². The number of nitrogens with zero attached hydrogens (tertiary/aromatic N) is 1. The number of alkyl halides is 3. The SMILES string of the molecule is C=C(/C=N\C)c1ccc(OCC(=O)Nc2ccc(CNCCNCCC)c(C(F)(F)F)c2)c(F)c1. The molecule has 0 saturated heterocycles. The van der Waals surface area contributed by atoms with Gasteiger partial charge in [0.2, 0.25) is 0 Å². The number of hydrogen-bond donors (Lipinski definition) is 3. The zero-order valence-corrected chi connectivity index (χ0v) is 19.8. The number of nitrogens with one attached hydrogen (secondary N) is 3. The first-order valence-electron chi connectivity index (χ1n) is 11.1. The van der Waals surface area contributed by atoms with Gasteiger partial charge in [-0.05, 0) is 53.9 Å². The molecular formula is C25H30F4N4O2. The Bertz CT molecular complexity index is 1040. The van der Waals surface area contributed by atoms with Crippen LogP contribution in [0.1, 0.15) is 30.0 Å². The van der Waals surface area contributed by atoms with Crippen LogP contribution >= 0.6 is 0 Å². The van der Waals surface area contributed by atoms with Gasteiger partial charge in [-0.25, -0.2) is 4.39 Å². The van der Waals surface area contributed by atoms with E-state index in [1.54, 1.807) is 13.1 Å². The number of aliphatic imine (C=N–C) groups is 1. The van der Waals surface area contributed by atoms with E-state index in [-0.39, 0.29) is 23.5 Å². The van der Waals surface area contributed by atoms with Gasteiger partial charge in [-0.2, -0.15) is 13.2 Å². The molecule has 0 aliphatic carbocycles. The molecule has 0 aliphatic heterocycles. The molecule has 0 unspecified atom stereocenters. The zero-order valence-electron chi connectivity index (χ0n) is 19.8. The second kappa shape index (κ2) is 13.6. The minimum atomic E-state index is -4.59. The van der Waals surface area contributed by atoms with E-state index in [0.29, 0.717) is 24.2 Å². The van der Waals surface area contributed by atoms with Crippen molar-refractivity contribution in [1.82, 2.24) is 10.6 Å². The van der Waals surface area contributed by atoms with Crippen molar-refractivity contribution in [3.8, 4) is 5.75 Å². The van der Waals surface area contributed by atoms with Crippen molar-refractivity contribution in [3.63, 3.8) is 0 Å². The molecule has 0 aliphatic rings. The van der Waals surface area contributed by atoms with E-state index >= 15 is 0 Å². The van der Waals surface area contributed by atoms with Gasteiger partial charge in [0.15, 0.2) is 18.2 Å². The van der Waals surface area contributed by atoms with E-state index < -0.39 is 30.1 Å². The average molecular weight is 495 g/mol. The van der Waals surface area contributed by atoms with E-state index in [2.05, 4.69) is 27.5 Å². The number of ether oxygens (including phenoxy) is 1. The van der Waals surface area contributed by atoms with Crippen molar-refractivity contribution in [2.45, 2.75) is 26.1 Å². The Labute approximate surface area is 202 Å². The number of carbonyl (C=O) groups excluding carboxylic acids is 1. The molecule has 2 rings (SSSR count). The standard InChI is InChI=1S/C25H30F4N4O2/c1-4-9-31-10-11-32-15-19-5-7-20(13-21(19)25(27,28)29)33-24(34)16-35-23-8-6-18(12-22(23)26)17(2)14-30-3/h5-8,12-14,31-32H,2,4,9-11,15-16H2,1,3H3,(H,33,34)/b30-14-. The Morgan fingerprint density at radius 2 is 1.86 bits per heavy atom. The highest BCUT2D eigenvalue weighted by Crippen LogP contribution is 2.34. The molecule has 3 N–H and O–H groups in total. The van der Waals surface area contributed by atoms with Crippen molar-refractivity contribution < 1.29 is 27.1 Å². The number of rotatable bonds is 13. The summed E-state index contributed by atoms with van der Waals surface area (Å²) < 4.78 is 60.1. The predicted octanol–water partition coefficient (Wildman–Crippen LogP) is 4.67. The van der Waals surface area contributed by atoms with Crippen LogP contribution in [0, 0.1) is 5.82 Å². The van der Waals surface area contributed by atoms with Gasteiger partial charge in [0.25, 0.3) is 5.91 Å². The summed E-state index contributed by atoms with van der Waals surface area (Å²) in [4.78, 5) is 16.0. The number of amides is 1. The Morgan fingerprint density at radius 1 is 1.11 bits per heavy atom. The number of benzene rings is 2. The van der Waals surface area contributed by atoms with Crippen LogP contribution in [0.15, 0.2) is 48.0 Å². The van der Waals surface area contributed by atoms with E-state index in [1.807, 2.05) is 6.92 Å². The summed E-state index contributed by atoms with van der Waals surface area (Å²) in [6.07, 6.45) is -2.14. The first-order valence-corrected chi connectivity index (χ1v) is 11.1. The molecule has 2 aromatic carbocycles. The minimum Gasteiger partial charge on any atom is -0.481 e. The molecule has 190 valence electrons. The largest absolute Gasteiger partial charge is 0.481 e. The Hall–Kier alpha value is -3.24. The fourth-order valence-corrected chi connectivity index (χ4v) is 3.16. The number of halogens is 4. The topological polar surface area (TPSA) is 74.8 Å². The Morgan fingerprint density at radius 3 is 2.51 bits per heavy atom. The summed E-state index contributed by atoms with van der Waals surface area (Å²) in [7, 11) is 1.56. The molecule has 0 fully saturated rings. The third kappa shape index (κ3) is 9.14. The Kier molecular flexibility index (Phi) is 10.9. The number of allylic oxidation sites excluding steroid dienone is 1. The lowest BCUT2D eigenvalue weighted by Gasteiger charge is -2.16. The molecular weight excluding hydrogens is 464 g/mol. The van der Waals surface area contributed by atoms with Crippen molar-refractivity contribution >= 4 is 23.4 Å². The fourth-order valence-electron chi connectivity index (χ4n) is 3.16. The van der Waals surface area contributed by atoms with Gasteiger partial charge < -0.3 is 20.7 Å². The lowest BCUT2D eigenvalue weighted by atomic mass is 10.1. The first kappa shape index (κ1) is 28.0. The summed E-state index contributed by atoms with van der Waals surface area (Å²) in [5.41, 5.74) is 0.187. The molecule has 35 heavy (non-hydrogen) atoms. The van der Waals surface area contributed by atoms with Crippen molar-refractivity contribution in [2.75, 3.05) is 38.6 Å². The summed E-state index contributed by atoms with van der Waals surface area (Å²) in [6.45, 7) is 7.25. The molecule has 1 amide bonds. The first-order chi connectivity index (χ1) is 16.7. The average Bonchev–Trinajstić information content (AvgIpc) is 2.80. The molecule has 6 nitrogen and oxygen atoms in total. The van der Waals surface area contributed by atoms with Gasteiger partial charge in [0.05, 0.1) is 5.56 Å². The summed E-state index contributed by atoms with van der Waals surface area (Å²) in [5.74, 6) is -1.60. The molecule has 0 bridgehead atoms. The van der Waals surface area contributed by atoms with Crippen LogP contribution in [0.4, 0.5) is 23.2 Å². The maximum atomic E-state index is 14.3. The lowest BCUT2D eigenvalue weighted by molar-refractivity contribution is -0.138. The van der Waals surface area contributed by atoms with Crippen molar-refractivity contribution in [3.05, 3.63) is 65.5 Å². The highest BCUT2D eigenvalue weighted by Gasteiger charge is 2.33. The summed E-state index contributed by atoms with van der Waals surface area (Å²) in [6, 6.07) is 7.67. The van der Waals surface area contributed by atoms with Crippen LogP contribution < -0.4 is 20.7 Å². The van der Waals surface area contributed by atoms with Crippen LogP contribution in [0.3, 0.4) is 0 Å². The van der Waals surface area contributed by atoms with E-state index in [1.165, 1.54) is 30.5 Å². The summed E-state index contributed by atoms with van der Waals surface area (Å²) in [5, 5.41) is 8.50. The van der Waals surface area contributed by atoms with Gasteiger partial charge in [-0.15, -0.1) is 0 Å². The monoisotopic (exact) mass is 494 g/mol. The van der Waals surface area contributed by atoms with E-state index in [4.69, 9.17) is 4.74 Å².